The van der Waals surface area contributed by atoms with Gasteiger partial charge in [0.15, 0.2) is 0 Å². The van der Waals surface area contributed by atoms with Gasteiger partial charge in [0.2, 0.25) is 0 Å². The molecule has 43 valence electrons. The van der Waals surface area contributed by atoms with E-state index in [1.54, 1.807) is 17.8 Å². The van der Waals surface area contributed by atoms with Crippen LogP contribution in [0.5, 0.6) is 0 Å². The van der Waals surface area contributed by atoms with Crippen LogP contribution < -0.4 is 0 Å². The Balaban J connectivity index is 4.89. The van der Waals surface area contributed by atoms with Crippen molar-refractivity contribution in [2.45, 2.75) is 0 Å². The van der Waals surface area contributed by atoms with Crippen molar-refractivity contribution in [1.29, 1.82) is 0 Å². The minimum atomic E-state index is 0.384. The molecule has 0 fully saturated rings. The number of rotatable bonds is 0. The van der Waals surface area contributed by atoms with E-state index in [1.807, 2.05) is 0 Å². The molecular weight excluding hydrogens is 338 g/mol. The molecule has 0 nitrogen and oxygen atoms in total. The van der Waals surface area contributed by atoms with Crippen LogP contribution in [-0.2, 0) is 57.8 Å². The van der Waals surface area contributed by atoms with Gasteiger partial charge in [-0.05, 0) is 0 Å². The maximum atomic E-state index is 4.62. The average Bonchev–Trinajstić information content (AvgIpc) is 1.61. The Kier molecular flexibility index (Phi) is 9.08. The molecule has 0 saturated carbocycles. The monoisotopic (exact) mass is 338 g/mol. The second-order valence-corrected chi connectivity index (χ2v) is 17.8. The first-order chi connectivity index (χ1) is 3.27. The Bertz CT molecular complexity index is 202. The molecule has 0 unspecified atom stereocenters. The summed E-state index contributed by atoms with van der Waals surface area (Å²) in [5, 5.41) is 0. The summed E-state index contributed by atoms with van der Waals surface area (Å²) in [4.78, 5) is 0. The van der Waals surface area contributed by atoms with E-state index >= 15 is 0 Å². The van der Waals surface area contributed by atoms with E-state index in [0.717, 1.165) is 0 Å². The summed E-state index contributed by atoms with van der Waals surface area (Å²) in [5.41, 5.74) is 0. The summed E-state index contributed by atoms with van der Waals surface area (Å²) >= 11 is 9.54. The van der Waals surface area contributed by atoms with Crippen molar-refractivity contribution < 1.29 is 15.7 Å². The predicted molar refractivity (Wildman–Crippen MR) is 50.8 cm³/mol. The third kappa shape index (κ3) is 8.54. The molecule has 7 heavy (non-hydrogen) atoms. The van der Waals surface area contributed by atoms with Crippen LogP contribution in [0.4, 0.5) is 0 Å². The quantitative estimate of drug-likeness (QED) is 0.359. The van der Waals surface area contributed by atoms with Gasteiger partial charge >= 0.3 is 79.0 Å². The van der Waals surface area contributed by atoms with Gasteiger partial charge in [0.25, 0.3) is 0 Å². The summed E-state index contributed by atoms with van der Waals surface area (Å²) in [6, 6.07) is 0. The van der Waals surface area contributed by atoms with Gasteiger partial charge in [-0.25, -0.2) is 0 Å². The van der Waals surface area contributed by atoms with Gasteiger partial charge in [0.05, 0.1) is 0 Å². The summed E-state index contributed by atoms with van der Waals surface area (Å²) in [6.45, 7) is 0. The molecule has 0 bridgehead atoms. The SMILES string of the molecule is S=S=S=S=[S-](=[V])I. The van der Waals surface area contributed by atoms with Crippen molar-refractivity contribution in [3.63, 3.8) is 0 Å². The van der Waals surface area contributed by atoms with Crippen LogP contribution in [0.1, 0.15) is 0 Å². The van der Waals surface area contributed by atoms with Crippen molar-refractivity contribution in [2.24, 2.45) is 0 Å². The standard InChI is InChI=1S/IS5.V/c1-3-5-6-4-2;/q+1;-2. The van der Waals surface area contributed by atoms with Gasteiger partial charge in [-0.15, -0.1) is 0 Å². The van der Waals surface area contributed by atoms with Crippen LogP contribution in [0.15, 0.2) is 0 Å². The third-order valence-corrected chi connectivity index (χ3v) is 12.5. The normalized spacial score (nSPS) is 8.14. The molecule has 0 rings (SSSR count). The second kappa shape index (κ2) is 6.66. The van der Waals surface area contributed by atoms with Gasteiger partial charge in [-0.1, -0.05) is 0 Å². The van der Waals surface area contributed by atoms with Crippen molar-refractivity contribution in [2.75, 3.05) is 0 Å². The second-order valence-electron chi connectivity index (χ2n) is 0.411. The Hall–Kier alpha value is 2.54. The van der Waals surface area contributed by atoms with Crippen LogP contribution >= 0.6 is 21.2 Å². The van der Waals surface area contributed by atoms with Gasteiger partial charge in [-0.3, -0.25) is 0 Å². The summed E-state index contributed by atoms with van der Waals surface area (Å²) in [6.07, 6.45) is 0. The molecular formula is IS5V-. The molecule has 0 aliphatic heterocycles. The Morgan fingerprint density at radius 3 is 2.43 bits per heavy atom. The van der Waals surface area contributed by atoms with Gasteiger partial charge < -0.3 is 0 Å². The zero-order valence-corrected chi connectivity index (χ0v) is 10.5. The van der Waals surface area contributed by atoms with Crippen LogP contribution in [0, 0.1) is 0 Å². The van der Waals surface area contributed by atoms with Gasteiger partial charge in [0, 0.05) is 0 Å². The van der Waals surface area contributed by atoms with Crippen molar-refractivity contribution in [3.8, 4) is 0 Å². The molecule has 0 aliphatic rings. The molecule has 0 aromatic rings. The Labute approximate surface area is 77.5 Å². The summed E-state index contributed by atoms with van der Waals surface area (Å²) in [5.74, 6) is 0. The molecule has 0 heterocycles. The summed E-state index contributed by atoms with van der Waals surface area (Å²) in [7, 11) is 4.83. The van der Waals surface area contributed by atoms with E-state index in [9.17, 15) is 0 Å². The van der Waals surface area contributed by atoms with Crippen molar-refractivity contribution in [3.05, 3.63) is 0 Å². The number of hydrogen-bond donors (Lipinski definition) is 0. The van der Waals surface area contributed by atoms with E-state index in [0.29, 0.717) is 4.28 Å². The topological polar surface area (TPSA) is 0 Å². The van der Waals surface area contributed by atoms with Crippen molar-refractivity contribution in [1.82, 2.24) is 0 Å². The molecule has 0 amide bonds. The molecule has 0 spiro atoms. The molecule has 0 N–H and O–H groups in total. The average molecular weight is 338 g/mol. The zero-order valence-electron chi connectivity index (χ0n) is 2.87. The van der Waals surface area contributed by atoms with Crippen LogP contribution in [0.3, 0.4) is 0 Å². The molecule has 0 aromatic heterocycles. The van der Waals surface area contributed by atoms with E-state index in [1.165, 1.54) is 8.88 Å². The maximum absolute atomic E-state index is 4.62. The summed E-state index contributed by atoms with van der Waals surface area (Å²) < 4.78 is 0.384. The molecule has 0 saturated heterocycles. The first-order valence-electron chi connectivity index (χ1n) is 1.00. The molecule has 0 atom stereocenters. The third-order valence-electron chi connectivity index (χ3n) is 0.112. The first-order valence-corrected chi connectivity index (χ1v) is 11.4. The predicted octanol–water partition coefficient (Wildman–Crippen LogP) is 0.871. The Morgan fingerprint density at radius 2 is 2.29 bits per heavy atom. The van der Waals surface area contributed by atoms with E-state index < -0.39 is 0 Å². The van der Waals surface area contributed by atoms with Crippen LogP contribution in [0.25, 0.3) is 0 Å². The van der Waals surface area contributed by atoms with Gasteiger partial charge in [0.1, 0.15) is 0 Å². The Morgan fingerprint density at radius 1 is 1.71 bits per heavy atom. The fourth-order valence-electron chi connectivity index (χ4n) is 0.0343. The number of hydrogen-bond acceptors (Lipinski definition) is 2. The fraction of sp³-hybridized carbons (Fsp3) is 0. The minimum absolute atomic E-state index is 0.384. The molecule has 0 aliphatic carbocycles. The van der Waals surface area contributed by atoms with E-state index in [4.69, 9.17) is 0 Å². The zero-order chi connectivity index (χ0) is 5.70. The fourth-order valence-corrected chi connectivity index (χ4v) is 12.6. The number of halogens is 1. The molecule has 7 heteroatoms. The van der Waals surface area contributed by atoms with E-state index in [-0.39, 0.29) is 0 Å². The molecule has 0 radical (unpaired) electrons. The molecule has 0 aromatic carbocycles. The van der Waals surface area contributed by atoms with Crippen LogP contribution in [-0.4, -0.2) is 0 Å². The van der Waals surface area contributed by atoms with Gasteiger partial charge in [-0.2, -0.15) is 0 Å². The van der Waals surface area contributed by atoms with Crippen LogP contribution in [0.2, 0.25) is 0 Å². The first kappa shape index (κ1) is 9.54. The van der Waals surface area contributed by atoms with Crippen molar-refractivity contribution >= 4 is 63.3 Å². The van der Waals surface area contributed by atoms with E-state index in [2.05, 4.69) is 48.1 Å².